The largest absolute Gasteiger partial charge is 0.409 e. The molecular formula is C12H23N3O. The Morgan fingerprint density at radius 1 is 1.50 bits per heavy atom. The van der Waals surface area contributed by atoms with Crippen molar-refractivity contribution in [1.82, 2.24) is 5.32 Å². The van der Waals surface area contributed by atoms with Gasteiger partial charge in [-0.25, -0.2) is 0 Å². The Morgan fingerprint density at radius 2 is 2.31 bits per heavy atom. The van der Waals surface area contributed by atoms with Crippen molar-refractivity contribution in [2.24, 2.45) is 28.6 Å². The molecule has 0 aromatic carbocycles. The molecule has 4 atom stereocenters. The lowest BCUT2D eigenvalue weighted by atomic mass is 9.88. The number of fused-ring (bicyclic) bond motifs is 2. The van der Waals surface area contributed by atoms with Crippen LogP contribution in [0.4, 0.5) is 0 Å². The Hall–Kier alpha value is -0.770. The zero-order valence-electron chi connectivity index (χ0n) is 10.0. The molecule has 2 saturated carbocycles. The third-order valence-electron chi connectivity index (χ3n) is 4.26. The summed E-state index contributed by atoms with van der Waals surface area (Å²) in [5.74, 6) is 3.16. The Labute approximate surface area is 97.3 Å². The first-order valence-electron chi connectivity index (χ1n) is 6.38. The molecule has 0 radical (unpaired) electrons. The van der Waals surface area contributed by atoms with Crippen molar-refractivity contribution in [2.75, 3.05) is 6.54 Å². The Kier molecular flexibility index (Phi) is 3.69. The maximum absolute atomic E-state index is 8.48. The summed E-state index contributed by atoms with van der Waals surface area (Å²) < 4.78 is 0. The summed E-state index contributed by atoms with van der Waals surface area (Å²) in [5, 5.41) is 15.0. The minimum Gasteiger partial charge on any atom is -0.409 e. The highest BCUT2D eigenvalue weighted by atomic mass is 16.4. The van der Waals surface area contributed by atoms with Gasteiger partial charge in [0.15, 0.2) is 0 Å². The monoisotopic (exact) mass is 225 g/mol. The Bertz CT molecular complexity index is 267. The number of nitrogens with zero attached hydrogens (tertiary/aromatic N) is 1. The van der Waals surface area contributed by atoms with Crippen molar-refractivity contribution in [3.63, 3.8) is 0 Å². The molecule has 0 aromatic rings. The smallest absolute Gasteiger partial charge is 0.140 e. The summed E-state index contributed by atoms with van der Waals surface area (Å²) >= 11 is 0. The van der Waals surface area contributed by atoms with E-state index in [1.165, 1.54) is 25.7 Å². The second kappa shape index (κ2) is 5.04. The highest BCUT2D eigenvalue weighted by Gasteiger charge is 2.39. The molecule has 0 saturated heterocycles. The van der Waals surface area contributed by atoms with Crippen LogP contribution in [0.15, 0.2) is 5.16 Å². The zero-order valence-corrected chi connectivity index (χ0v) is 10.0. The van der Waals surface area contributed by atoms with Gasteiger partial charge in [0.2, 0.25) is 0 Å². The van der Waals surface area contributed by atoms with Gasteiger partial charge in [0.1, 0.15) is 5.84 Å². The molecule has 0 heterocycles. The van der Waals surface area contributed by atoms with Crippen LogP contribution in [0, 0.1) is 17.8 Å². The van der Waals surface area contributed by atoms with Crippen molar-refractivity contribution in [3.05, 3.63) is 0 Å². The molecule has 2 rings (SSSR count). The van der Waals surface area contributed by atoms with E-state index < -0.39 is 0 Å². The average molecular weight is 225 g/mol. The first kappa shape index (κ1) is 11.7. The number of amidine groups is 1. The molecule has 0 amide bonds. The van der Waals surface area contributed by atoms with Gasteiger partial charge in [0.25, 0.3) is 0 Å². The van der Waals surface area contributed by atoms with E-state index in [0.29, 0.717) is 18.3 Å². The van der Waals surface area contributed by atoms with Gasteiger partial charge in [0.05, 0.1) is 0 Å². The van der Waals surface area contributed by atoms with Crippen LogP contribution in [0.3, 0.4) is 0 Å². The van der Waals surface area contributed by atoms with Crippen molar-refractivity contribution >= 4 is 5.84 Å². The summed E-state index contributed by atoms with van der Waals surface area (Å²) in [5.41, 5.74) is 5.48. The van der Waals surface area contributed by atoms with E-state index in [1.54, 1.807) is 0 Å². The lowest BCUT2D eigenvalue weighted by molar-refractivity contribution is 0.305. The molecule has 4 heteroatoms. The molecule has 2 bridgehead atoms. The normalized spacial score (nSPS) is 35.6. The standard InChI is InChI=1S/C12H23N3O/c1-8(4-12(13)15-16)14-7-11-6-9-2-3-10(11)5-9/h8-11,14,16H,2-7H2,1H3,(H2,13,15). The van der Waals surface area contributed by atoms with E-state index in [-0.39, 0.29) is 0 Å². The second-order valence-electron chi connectivity index (χ2n) is 5.54. The van der Waals surface area contributed by atoms with Crippen LogP contribution in [0.1, 0.15) is 39.0 Å². The fourth-order valence-corrected chi connectivity index (χ4v) is 3.41. The number of oxime groups is 1. The fraction of sp³-hybridized carbons (Fsp3) is 0.917. The summed E-state index contributed by atoms with van der Waals surface area (Å²) in [6, 6.07) is 0.301. The molecule has 0 aliphatic heterocycles. The molecule has 4 nitrogen and oxygen atoms in total. The molecule has 4 unspecified atom stereocenters. The number of hydrogen-bond donors (Lipinski definition) is 3. The van der Waals surface area contributed by atoms with Crippen LogP contribution >= 0.6 is 0 Å². The van der Waals surface area contributed by atoms with Crippen LogP contribution < -0.4 is 11.1 Å². The number of hydrogen-bond acceptors (Lipinski definition) is 3. The van der Waals surface area contributed by atoms with Crippen LogP contribution in [0.5, 0.6) is 0 Å². The van der Waals surface area contributed by atoms with Crippen LogP contribution in [0.25, 0.3) is 0 Å². The molecule has 0 spiro atoms. The maximum Gasteiger partial charge on any atom is 0.140 e. The molecule has 0 aromatic heterocycles. The third-order valence-corrected chi connectivity index (χ3v) is 4.26. The van der Waals surface area contributed by atoms with E-state index in [0.717, 1.165) is 24.3 Å². The van der Waals surface area contributed by atoms with Gasteiger partial charge in [-0.15, -0.1) is 0 Å². The molecule has 4 N–H and O–H groups in total. The molecule has 92 valence electrons. The zero-order chi connectivity index (χ0) is 11.5. The quantitative estimate of drug-likeness (QED) is 0.288. The van der Waals surface area contributed by atoms with Crippen molar-refractivity contribution < 1.29 is 5.21 Å². The molecule has 2 fully saturated rings. The minimum absolute atomic E-state index is 0.301. The first-order valence-corrected chi connectivity index (χ1v) is 6.38. The molecular weight excluding hydrogens is 202 g/mol. The van der Waals surface area contributed by atoms with Gasteiger partial charge >= 0.3 is 0 Å². The minimum atomic E-state index is 0.301. The number of nitrogens with one attached hydrogen (secondary N) is 1. The second-order valence-corrected chi connectivity index (χ2v) is 5.54. The van der Waals surface area contributed by atoms with E-state index in [4.69, 9.17) is 10.9 Å². The van der Waals surface area contributed by atoms with Crippen LogP contribution in [-0.4, -0.2) is 23.6 Å². The van der Waals surface area contributed by atoms with Gasteiger partial charge in [-0.05, 0) is 50.5 Å². The summed E-state index contributed by atoms with van der Waals surface area (Å²) in [6.07, 6.45) is 6.39. The predicted octanol–water partition coefficient (Wildman–Crippen LogP) is 1.54. The first-order chi connectivity index (χ1) is 7.69. The topological polar surface area (TPSA) is 70.6 Å². The van der Waals surface area contributed by atoms with E-state index in [9.17, 15) is 0 Å². The predicted molar refractivity (Wildman–Crippen MR) is 64.4 cm³/mol. The SMILES string of the molecule is CC(CC(N)=NO)NCC1CC2CCC1C2. The third kappa shape index (κ3) is 2.67. The summed E-state index contributed by atoms with van der Waals surface area (Å²) in [4.78, 5) is 0. The highest BCUT2D eigenvalue weighted by molar-refractivity contribution is 5.80. The van der Waals surface area contributed by atoms with E-state index in [1.807, 2.05) is 0 Å². The van der Waals surface area contributed by atoms with Crippen LogP contribution in [0.2, 0.25) is 0 Å². The van der Waals surface area contributed by atoms with Gasteiger partial charge in [-0.1, -0.05) is 11.6 Å². The molecule has 16 heavy (non-hydrogen) atoms. The molecule has 2 aliphatic rings. The van der Waals surface area contributed by atoms with Gasteiger partial charge in [0, 0.05) is 12.5 Å². The van der Waals surface area contributed by atoms with E-state index >= 15 is 0 Å². The lowest BCUT2D eigenvalue weighted by Gasteiger charge is -2.24. The van der Waals surface area contributed by atoms with Crippen LogP contribution in [-0.2, 0) is 0 Å². The van der Waals surface area contributed by atoms with Gasteiger partial charge in [-0.3, -0.25) is 0 Å². The highest BCUT2D eigenvalue weighted by Crippen LogP contribution is 2.47. The fourth-order valence-electron chi connectivity index (χ4n) is 3.41. The summed E-state index contributed by atoms with van der Waals surface area (Å²) in [6.45, 7) is 3.19. The van der Waals surface area contributed by atoms with E-state index in [2.05, 4.69) is 17.4 Å². The summed E-state index contributed by atoms with van der Waals surface area (Å²) in [7, 11) is 0. The number of nitrogens with two attached hydrogens (primary N) is 1. The van der Waals surface area contributed by atoms with Crippen molar-refractivity contribution in [3.8, 4) is 0 Å². The van der Waals surface area contributed by atoms with Crippen molar-refractivity contribution in [2.45, 2.75) is 45.1 Å². The Morgan fingerprint density at radius 3 is 2.88 bits per heavy atom. The average Bonchev–Trinajstić information content (AvgIpc) is 2.87. The number of rotatable bonds is 5. The molecule has 2 aliphatic carbocycles. The van der Waals surface area contributed by atoms with Gasteiger partial charge < -0.3 is 16.3 Å². The van der Waals surface area contributed by atoms with Gasteiger partial charge in [-0.2, -0.15) is 0 Å². The Balaban J connectivity index is 1.67. The maximum atomic E-state index is 8.48. The van der Waals surface area contributed by atoms with Crippen molar-refractivity contribution in [1.29, 1.82) is 0 Å². The lowest BCUT2D eigenvalue weighted by Crippen LogP contribution is -2.35.